The number of cyclic esters (lactones) is 1. The third kappa shape index (κ3) is 2.81. The van der Waals surface area contributed by atoms with Crippen LogP contribution in [0.4, 0.5) is 0 Å². The molecule has 0 aromatic carbocycles. The normalized spacial score (nSPS) is 49.5. The minimum atomic E-state index is -1.92. The van der Waals surface area contributed by atoms with Crippen molar-refractivity contribution >= 4 is 11.8 Å². The lowest BCUT2D eigenvalue weighted by Gasteiger charge is -2.63. The van der Waals surface area contributed by atoms with Crippen molar-refractivity contribution < 1.29 is 34.8 Å². The van der Waals surface area contributed by atoms with E-state index in [1.165, 1.54) is 6.92 Å². The number of esters is 1. The zero-order valence-corrected chi connectivity index (χ0v) is 21.6. The van der Waals surface area contributed by atoms with Crippen LogP contribution in [0.2, 0.25) is 0 Å². The third-order valence-corrected chi connectivity index (χ3v) is 11.4. The molecule has 7 heteroatoms. The summed E-state index contributed by atoms with van der Waals surface area (Å²) in [6.45, 7) is 8.68. The molecule has 0 unspecified atom stereocenters. The first kappa shape index (κ1) is 25.1. The predicted octanol–water partition coefficient (Wildman–Crippen LogP) is 2.74. The molecule has 0 saturated heterocycles. The summed E-state index contributed by atoms with van der Waals surface area (Å²) in [6.07, 6.45) is 3.47. The molecular weight excluding hydrogens is 448 g/mol. The summed E-state index contributed by atoms with van der Waals surface area (Å²) in [7, 11) is 0. The second-order valence-electron chi connectivity index (χ2n) is 12.6. The Morgan fingerprint density at radius 3 is 2.46 bits per heavy atom. The van der Waals surface area contributed by atoms with E-state index in [1.807, 2.05) is 13.8 Å². The highest BCUT2D eigenvalue weighted by Crippen LogP contribution is 2.70. The van der Waals surface area contributed by atoms with Crippen LogP contribution < -0.4 is 0 Å². The summed E-state index contributed by atoms with van der Waals surface area (Å²) in [6, 6.07) is 0. The molecule has 3 fully saturated rings. The molecule has 5 rings (SSSR count). The molecule has 7 nitrogen and oxygen atoms in total. The number of carbonyl (C=O) groups is 2. The monoisotopic (exact) mass is 488 g/mol. The lowest BCUT2D eigenvalue weighted by atomic mass is 9.44. The van der Waals surface area contributed by atoms with E-state index in [-0.39, 0.29) is 24.5 Å². The first-order valence-electron chi connectivity index (χ1n) is 13.1. The van der Waals surface area contributed by atoms with Gasteiger partial charge < -0.3 is 25.2 Å². The summed E-state index contributed by atoms with van der Waals surface area (Å²) in [5.41, 5.74) is -5.07. The molecule has 0 amide bonds. The van der Waals surface area contributed by atoms with E-state index >= 15 is 0 Å². The Labute approximate surface area is 207 Å². The van der Waals surface area contributed by atoms with E-state index in [0.29, 0.717) is 31.3 Å². The Hall–Kier alpha value is -1.54. The number of carbonyl (C=O) groups excluding carboxylic acids is 2. The van der Waals surface area contributed by atoms with Gasteiger partial charge in [-0.15, -0.1) is 0 Å². The molecule has 194 valence electrons. The zero-order valence-electron chi connectivity index (χ0n) is 21.6. The fourth-order valence-corrected chi connectivity index (χ4v) is 8.79. The topological polar surface area (TPSA) is 124 Å². The van der Waals surface area contributed by atoms with Gasteiger partial charge in [-0.1, -0.05) is 24.1 Å². The second kappa shape index (κ2) is 7.50. The van der Waals surface area contributed by atoms with Crippen LogP contribution in [0.15, 0.2) is 22.8 Å². The highest BCUT2D eigenvalue weighted by Gasteiger charge is 2.79. The number of hydrogen-bond donors (Lipinski definition) is 4. The van der Waals surface area contributed by atoms with Gasteiger partial charge in [-0.05, 0) is 71.6 Å². The predicted molar refractivity (Wildman–Crippen MR) is 128 cm³/mol. The van der Waals surface area contributed by atoms with Crippen molar-refractivity contribution in [3.05, 3.63) is 22.8 Å². The van der Waals surface area contributed by atoms with E-state index < -0.39 is 51.7 Å². The Morgan fingerprint density at radius 2 is 1.80 bits per heavy atom. The van der Waals surface area contributed by atoms with Gasteiger partial charge in [0, 0.05) is 30.3 Å². The smallest absolute Gasteiger partial charge is 0.334 e. The molecule has 3 saturated carbocycles. The first-order chi connectivity index (χ1) is 16.2. The average molecular weight is 489 g/mol. The first-order valence-corrected chi connectivity index (χ1v) is 13.1. The van der Waals surface area contributed by atoms with Gasteiger partial charge in [0.05, 0.1) is 11.5 Å². The lowest BCUT2D eigenvalue weighted by molar-refractivity contribution is -0.283. The van der Waals surface area contributed by atoms with Crippen LogP contribution in [-0.4, -0.2) is 61.2 Å². The van der Waals surface area contributed by atoms with Crippen LogP contribution in [0, 0.1) is 22.7 Å². The minimum Gasteiger partial charge on any atom is -0.455 e. The molecule has 1 heterocycles. The van der Waals surface area contributed by atoms with Gasteiger partial charge in [-0.25, -0.2) is 4.79 Å². The summed E-state index contributed by atoms with van der Waals surface area (Å²) < 4.78 is 5.59. The molecule has 4 aliphatic carbocycles. The van der Waals surface area contributed by atoms with Crippen molar-refractivity contribution in [2.45, 2.75) is 115 Å². The summed E-state index contributed by atoms with van der Waals surface area (Å²) >= 11 is 0. The van der Waals surface area contributed by atoms with Crippen molar-refractivity contribution in [1.29, 1.82) is 0 Å². The lowest BCUT2D eigenvalue weighted by Crippen LogP contribution is -2.72. The molecule has 5 aliphatic rings. The van der Waals surface area contributed by atoms with Crippen LogP contribution >= 0.6 is 0 Å². The highest BCUT2D eigenvalue weighted by atomic mass is 16.6. The fraction of sp³-hybridized carbons (Fsp3) is 0.786. The number of Topliss-reactive ketones (excluding diaryl/α,β-unsaturated/α-hetero) is 1. The Kier molecular flexibility index (Phi) is 5.38. The van der Waals surface area contributed by atoms with Gasteiger partial charge in [0.15, 0.2) is 0 Å². The molecule has 35 heavy (non-hydrogen) atoms. The number of hydrogen-bond acceptors (Lipinski definition) is 7. The van der Waals surface area contributed by atoms with Crippen molar-refractivity contribution in [1.82, 2.24) is 0 Å². The van der Waals surface area contributed by atoms with E-state index in [0.717, 1.165) is 24.0 Å². The molecule has 4 N–H and O–H groups in total. The van der Waals surface area contributed by atoms with Crippen molar-refractivity contribution in [3.63, 3.8) is 0 Å². The van der Waals surface area contributed by atoms with Crippen LogP contribution in [0.5, 0.6) is 0 Å². The molecule has 0 aromatic heterocycles. The number of ketones is 1. The standard InChI is InChI=1S/C28H40O7/c1-15-13-22(35-23(31)16(15)2)26(5,32)27(33)14-21(30)28(34)19-10-9-17-7-6-8-20(29)25(17,4)18(19)11-12-24(27,28)3/h9,18-19,21-22,30,32-34H,6-8,10-14H2,1-5H3/t18-,19+,21+,22+,24+,25-,26-,27-,28-/m0/s1. The third-order valence-electron chi connectivity index (χ3n) is 11.4. The number of fused-ring (bicyclic) bond motifs is 5. The molecule has 0 bridgehead atoms. The van der Waals surface area contributed by atoms with E-state index in [4.69, 9.17) is 4.74 Å². The van der Waals surface area contributed by atoms with Crippen LogP contribution in [0.3, 0.4) is 0 Å². The van der Waals surface area contributed by atoms with Crippen LogP contribution in [0.1, 0.15) is 86.0 Å². The number of aliphatic hydroxyl groups is 4. The summed E-state index contributed by atoms with van der Waals surface area (Å²) in [5.74, 6) is -0.914. The van der Waals surface area contributed by atoms with E-state index in [2.05, 4.69) is 6.08 Å². The van der Waals surface area contributed by atoms with Gasteiger partial charge in [0.25, 0.3) is 0 Å². The maximum absolute atomic E-state index is 13.2. The zero-order chi connectivity index (χ0) is 25.8. The van der Waals surface area contributed by atoms with Crippen LogP contribution in [-0.2, 0) is 14.3 Å². The van der Waals surface area contributed by atoms with Gasteiger partial charge in [-0.2, -0.15) is 0 Å². The molecule has 9 atom stereocenters. The van der Waals surface area contributed by atoms with Gasteiger partial charge in [0.1, 0.15) is 28.7 Å². The molecular formula is C28H40O7. The van der Waals surface area contributed by atoms with Crippen molar-refractivity contribution in [3.8, 4) is 0 Å². The Balaban J connectivity index is 1.57. The van der Waals surface area contributed by atoms with E-state index in [1.54, 1.807) is 13.8 Å². The second-order valence-corrected chi connectivity index (χ2v) is 12.6. The highest BCUT2D eigenvalue weighted by molar-refractivity contribution is 5.90. The Bertz CT molecular complexity index is 1040. The van der Waals surface area contributed by atoms with Gasteiger partial charge >= 0.3 is 5.97 Å². The Morgan fingerprint density at radius 1 is 1.11 bits per heavy atom. The van der Waals surface area contributed by atoms with Gasteiger partial charge in [0.2, 0.25) is 0 Å². The van der Waals surface area contributed by atoms with E-state index in [9.17, 15) is 30.0 Å². The van der Waals surface area contributed by atoms with Crippen molar-refractivity contribution in [2.75, 3.05) is 0 Å². The summed E-state index contributed by atoms with van der Waals surface area (Å²) in [4.78, 5) is 25.7. The van der Waals surface area contributed by atoms with Crippen LogP contribution in [0.25, 0.3) is 0 Å². The molecule has 0 radical (unpaired) electrons. The largest absolute Gasteiger partial charge is 0.455 e. The minimum absolute atomic E-state index is 0.143. The molecule has 0 spiro atoms. The quantitative estimate of drug-likeness (QED) is 0.348. The number of aliphatic hydroxyl groups excluding tert-OH is 1. The number of allylic oxidation sites excluding steroid dienone is 2. The molecule has 0 aromatic rings. The number of ether oxygens (including phenoxy) is 1. The van der Waals surface area contributed by atoms with Crippen molar-refractivity contribution in [2.24, 2.45) is 22.7 Å². The maximum atomic E-state index is 13.2. The SMILES string of the molecule is CC1=C(C)C(=O)O[C@@H]([C@](C)(O)[C@]2(O)C[C@@H](O)[C@@]3(O)[C@@H]4CC=C5CCCC(=O)[C@]5(C)[C@H]4CC[C@@]32C)C1. The number of rotatable bonds is 2. The van der Waals surface area contributed by atoms with Gasteiger partial charge in [-0.3, -0.25) is 4.79 Å². The maximum Gasteiger partial charge on any atom is 0.334 e. The fourth-order valence-electron chi connectivity index (χ4n) is 8.79. The molecule has 1 aliphatic heterocycles. The average Bonchev–Trinajstić information content (AvgIpc) is 2.96. The summed E-state index contributed by atoms with van der Waals surface area (Å²) in [5, 5.41) is 48.0.